The number of rotatable bonds is 4. The van der Waals surface area contributed by atoms with Crippen LogP contribution in [0.2, 0.25) is 0 Å². The summed E-state index contributed by atoms with van der Waals surface area (Å²) in [5.74, 6) is 0.917. The van der Waals surface area contributed by atoms with Crippen molar-refractivity contribution in [2.45, 2.75) is 25.7 Å². The molecule has 0 radical (unpaired) electrons. The maximum atomic E-state index is 13.2. The Morgan fingerprint density at radius 3 is 2.94 bits per heavy atom. The van der Waals surface area contributed by atoms with Crippen molar-refractivity contribution in [3.8, 4) is 0 Å². The average Bonchev–Trinajstić information content (AvgIpc) is 2.86. The van der Waals surface area contributed by atoms with Crippen molar-refractivity contribution in [2.75, 3.05) is 26.7 Å². The Balaban J connectivity index is 2.11. The van der Waals surface area contributed by atoms with Gasteiger partial charge in [0.05, 0.1) is 0 Å². The number of halogens is 1. The second-order valence-corrected chi connectivity index (χ2v) is 5.30. The van der Waals surface area contributed by atoms with Crippen molar-refractivity contribution in [3.63, 3.8) is 0 Å². The van der Waals surface area contributed by atoms with Crippen molar-refractivity contribution < 1.29 is 9.28 Å². The molecule has 1 saturated heterocycles. The Kier molecular flexibility index (Phi) is 3.60. The first-order valence-electron chi connectivity index (χ1n) is 6.23. The Morgan fingerprint density at radius 2 is 2.38 bits per heavy atom. The van der Waals surface area contributed by atoms with Gasteiger partial charge in [0, 0.05) is 18.5 Å². The molecule has 3 nitrogen and oxygen atoms in total. The fraction of sp³-hybridized carbons (Fsp3) is 0.917. The predicted molar refractivity (Wildman–Crippen MR) is 60.6 cm³/mol. The molecule has 0 spiro atoms. The van der Waals surface area contributed by atoms with Crippen LogP contribution in [0.1, 0.15) is 25.7 Å². The van der Waals surface area contributed by atoms with Crippen molar-refractivity contribution in [1.29, 1.82) is 0 Å². The zero-order valence-electron chi connectivity index (χ0n) is 9.92. The van der Waals surface area contributed by atoms with Gasteiger partial charge in [-0.2, -0.15) is 0 Å². The largest absolute Gasteiger partial charge is 0.319 e. The van der Waals surface area contributed by atoms with Gasteiger partial charge in [0.15, 0.2) is 0 Å². The van der Waals surface area contributed by atoms with Crippen molar-refractivity contribution >= 4 is 6.29 Å². The normalized spacial score (nSPS) is 40.4. The maximum absolute atomic E-state index is 13.2. The van der Waals surface area contributed by atoms with Crippen LogP contribution in [0.15, 0.2) is 0 Å². The Labute approximate surface area is 96.3 Å². The van der Waals surface area contributed by atoms with E-state index in [1.807, 2.05) is 7.05 Å². The van der Waals surface area contributed by atoms with Gasteiger partial charge >= 0.3 is 0 Å². The number of hydrogen-bond acceptors (Lipinski definition) is 3. The van der Waals surface area contributed by atoms with E-state index in [-0.39, 0.29) is 0 Å². The van der Waals surface area contributed by atoms with Crippen LogP contribution in [-0.2, 0) is 4.79 Å². The predicted octanol–water partition coefficient (Wildman–Crippen LogP) is 1.40. The van der Waals surface area contributed by atoms with Crippen molar-refractivity contribution in [2.24, 2.45) is 17.3 Å². The van der Waals surface area contributed by atoms with Crippen molar-refractivity contribution in [3.05, 3.63) is 0 Å². The molecule has 3 unspecified atom stereocenters. The van der Waals surface area contributed by atoms with Crippen molar-refractivity contribution in [1.82, 2.24) is 10.4 Å². The highest BCUT2D eigenvalue weighted by Gasteiger charge is 2.49. The lowest BCUT2D eigenvalue weighted by atomic mass is 9.71. The monoisotopic (exact) mass is 228 g/mol. The van der Waals surface area contributed by atoms with E-state index in [0.29, 0.717) is 31.3 Å². The molecule has 2 aliphatic rings. The lowest BCUT2D eigenvalue weighted by Gasteiger charge is -2.33. The van der Waals surface area contributed by atoms with Gasteiger partial charge in [-0.15, -0.1) is 9.60 Å². The summed E-state index contributed by atoms with van der Waals surface area (Å²) in [5.41, 5.74) is -0.410. The lowest BCUT2D eigenvalue weighted by molar-refractivity contribution is -0.120. The second kappa shape index (κ2) is 4.80. The number of aldehydes is 1. The molecule has 0 aromatic heterocycles. The molecule has 2 rings (SSSR count). The zero-order chi connectivity index (χ0) is 11.6. The molecule has 4 heteroatoms. The van der Waals surface area contributed by atoms with E-state index in [1.165, 1.54) is 12.8 Å². The number of nitrogens with one attached hydrogen (secondary N) is 1. The summed E-state index contributed by atoms with van der Waals surface area (Å²) >= 11 is 0. The molecule has 0 amide bonds. The summed E-state index contributed by atoms with van der Waals surface area (Å²) < 4.78 is 13.2. The maximum Gasteiger partial charge on any atom is 0.127 e. The van der Waals surface area contributed by atoms with Crippen LogP contribution in [0.4, 0.5) is 4.48 Å². The fourth-order valence-corrected chi connectivity index (χ4v) is 3.59. The first kappa shape index (κ1) is 12.0. The van der Waals surface area contributed by atoms with Crippen LogP contribution >= 0.6 is 0 Å². The van der Waals surface area contributed by atoms with Gasteiger partial charge in [0.2, 0.25) is 0 Å². The van der Waals surface area contributed by atoms with Crippen LogP contribution in [0.5, 0.6) is 0 Å². The van der Waals surface area contributed by atoms with Crippen LogP contribution < -0.4 is 5.32 Å². The summed E-state index contributed by atoms with van der Waals surface area (Å²) in [6, 6.07) is 0. The highest BCUT2D eigenvalue weighted by atomic mass is 19.2. The fourth-order valence-electron chi connectivity index (χ4n) is 3.59. The third kappa shape index (κ3) is 2.00. The zero-order valence-corrected chi connectivity index (χ0v) is 9.92. The van der Waals surface area contributed by atoms with E-state index >= 15 is 0 Å². The number of carbonyl (C=O) groups is 1. The Hall–Kier alpha value is -0.480. The minimum Gasteiger partial charge on any atom is -0.319 e. The molecular weight excluding hydrogens is 207 g/mol. The molecule has 3 atom stereocenters. The average molecular weight is 228 g/mol. The first-order valence-corrected chi connectivity index (χ1v) is 6.23. The Morgan fingerprint density at radius 1 is 1.56 bits per heavy atom. The standard InChI is InChI=1S/C12H21FN2O/c1-14-7-10-3-2-4-11(10)12(9-16)5-6-15(13)8-12/h9-11,14H,2-8H2,1H3. The molecule has 92 valence electrons. The summed E-state index contributed by atoms with van der Waals surface area (Å²) in [5, 5.41) is 4.00. The molecule has 16 heavy (non-hydrogen) atoms. The van der Waals surface area contributed by atoms with Gasteiger partial charge in [-0.25, -0.2) is 0 Å². The van der Waals surface area contributed by atoms with Gasteiger partial charge in [0.25, 0.3) is 0 Å². The SMILES string of the molecule is CNCC1CCCC1C1(C=O)CCN(F)C1. The summed E-state index contributed by atoms with van der Waals surface area (Å²) in [6.07, 6.45) is 5.16. The quantitative estimate of drug-likeness (QED) is 0.583. The van der Waals surface area contributed by atoms with Crippen LogP contribution in [-0.4, -0.2) is 38.1 Å². The summed E-state index contributed by atoms with van der Waals surface area (Å²) in [6.45, 7) is 1.68. The molecule has 0 aromatic rings. The van der Waals surface area contributed by atoms with E-state index in [9.17, 15) is 9.28 Å². The molecular formula is C12H21FN2O. The smallest absolute Gasteiger partial charge is 0.127 e. The van der Waals surface area contributed by atoms with Crippen LogP contribution in [0.3, 0.4) is 0 Å². The molecule has 1 aliphatic heterocycles. The van der Waals surface area contributed by atoms with Gasteiger partial charge in [-0.05, 0) is 44.7 Å². The van der Waals surface area contributed by atoms with E-state index in [2.05, 4.69) is 5.32 Å². The van der Waals surface area contributed by atoms with E-state index < -0.39 is 5.41 Å². The number of hydrogen-bond donors (Lipinski definition) is 1. The van der Waals surface area contributed by atoms with Gasteiger partial charge in [0.1, 0.15) is 6.29 Å². The highest BCUT2D eigenvalue weighted by Crippen LogP contribution is 2.47. The van der Waals surface area contributed by atoms with Gasteiger partial charge < -0.3 is 10.1 Å². The molecule has 1 N–H and O–H groups in total. The van der Waals surface area contributed by atoms with Gasteiger partial charge in [-0.3, -0.25) is 0 Å². The lowest BCUT2D eigenvalue weighted by Crippen LogP contribution is -2.39. The minimum absolute atomic E-state index is 0.307. The number of carbonyl (C=O) groups excluding carboxylic acids is 1. The summed E-state index contributed by atoms with van der Waals surface area (Å²) in [7, 11) is 1.94. The van der Waals surface area contributed by atoms with E-state index in [0.717, 1.165) is 24.4 Å². The highest BCUT2D eigenvalue weighted by molar-refractivity contribution is 5.61. The Bertz CT molecular complexity index is 261. The van der Waals surface area contributed by atoms with E-state index in [4.69, 9.17) is 0 Å². The van der Waals surface area contributed by atoms with Crippen LogP contribution in [0, 0.1) is 17.3 Å². The molecule has 1 saturated carbocycles. The topological polar surface area (TPSA) is 32.3 Å². The molecule has 0 bridgehead atoms. The first-order chi connectivity index (χ1) is 7.72. The number of nitrogens with zero attached hydrogens (tertiary/aromatic N) is 1. The summed E-state index contributed by atoms with van der Waals surface area (Å²) in [4.78, 5) is 11.4. The van der Waals surface area contributed by atoms with Gasteiger partial charge in [-0.1, -0.05) is 6.42 Å². The third-order valence-corrected chi connectivity index (χ3v) is 4.38. The molecule has 2 fully saturated rings. The van der Waals surface area contributed by atoms with Crippen LogP contribution in [0.25, 0.3) is 0 Å². The molecule has 0 aromatic carbocycles. The van der Waals surface area contributed by atoms with E-state index in [1.54, 1.807) is 0 Å². The third-order valence-electron chi connectivity index (χ3n) is 4.38. The minimum atomic E-state index is -0.410. The molecule has 1 aliphatic carbocycles. The second-order valence-electron chi connectivity index (χ2n) is 5.30. The molecule has 1 heterocycles.